The summed E-state index contributed by atoms with van der Waals surface area (Å²) in [6, 6.07) is 6.83. The van der Waals surface area contributed by atoms with Gasteiger partial charge in [-0.05, 0) is 50.0 Å². The number of rotatable bonds is 7. The highest BCUT2D eigenvalue weighted by Crippen LogP contribution is 2.22. The Labute approximate surface area is 126 Å². The molecule has 0 radical (unpaired) electrons. The molecule has 1 aromatic heterocycles. The molecule has 114 valence electrons. The topological polar surface area (TPSA) is 29.9 Å². The monoisotopic (exact) mass is 289 g/mol. The smallest absolute Gasteiger partial charge is 0.148 e. The quantitative estimate of drug-likeness (QED) is 0.793. The lowest BCUT2D eigenvalue weighted by Gasteiger charge is -2.09. The van der Waals surface area contributed by atoms with Crippen LogP contribution < -0.4 is 5.32 Å². The number of nitrogens with one attached hydrogen (secondary N) is 1. The molecule has 1 aromatic carbocycles. The maximum atomic E-state index is 14.1. The largest absolute Gasteiger partial charge is 0.317 e. The summed E-state index contributed by atoms with van der Waals surface area (Å²) >= 11 is 0. The molecule has 1 heterocycles. The molecule has 0 fully saturated rings. The molecule has 0 spiro atoms. The summed E-state index contributed by atoms with van der Waals surface area (Å²) in [4.78, 5) is 0. The standard InChI is InChI=1S/C17H24FN3/c1-4-15-13(11-12-19-6-3)16(5-2)21(20-15)17-10-8-7-9-14(17)18/h7-10,19H,4-6,11-12H2,1-3H3. The van der Waals surface area contributed by atoms with E-state index in [2.05, 4.69) is 31.2 Å². The van der Waals surface area contributed by atoms with Crippen LogP contribution in [-0.2, 0) is 19.3 Å². The Morgan fingerprint density at radius 2 is 1.90 bits per heavy atom. The molecule has 0 amide bonds. The summed E-state index contributed by atoms with van der Waals surface area (Å²) in [6.07, 6.45) is 2.66. The van der Waals surface area contributed by atoms with E-state index in [4.69, 9.17) is 0 Å². The van der Waals surface area contributed by atoms with Crippen molar-refractivity contribution in [1.82, 2.24) is 15.1 Å². The van der Waals surface area contributed by atoms with Gasteiger partial charge in [0.1, 0.15) is 11.5 Å². The first-order chi connectivity index (χ1) is 10.2. The van der Waals surface area contributed by atoms with Gasteiger partial charge in [0, 0.05) is 5.69 Å². The third-order valence-electron chi connectivity index (χ3n) is 3.73. The second kappa shape index (κ2) is 7.36. The van der Waals surface area contributed by atoms with E-state index in [1.165, 1.54) is 11.6 Å². The Balaban J connectivity index is 2.45. The van der Waals surface area contributed by atoms with E-state index in [0.717, 1.165) is 43.7 Å². The first-order valence-corrected chi connectivity index (χ1v) is 7.78. The van der Waals surface area contributed by atoms with Gasteiger partial charge in [-0.25, -0.2) is 9.07 Å². The van der Waals surface area contributed by atoms with Crippen LogP contribution in [0.15, 0.2) is 24.3 Å². The van der Waals surface area contributed by atoms with Crippen LogP contribution in [0, 0.1) is 5.82 Å². The minimum atomic E-state index is -0.226. The van der Waals surface area contributed by atoms with E-state index in [1.807, 2.05) is 6.07 Å². The second-order valence-corrected chi connectivity index (χ2v) is 5.05. The van der Waals surface area contributed by atoms with Crippen molar-refractivity contribution in [3.8, 4) is 5.69 Å². The molecule has 3 nitrogen and oxygen atoms in total. The summed E-state index contributed by atoms with van der Waals surface area (Å²) in [5.41, 5.74) is 4.01. The molecule has 0 saturated heterocycles. The maximum absolute atomic E-state index is 14.1. The fourth-order valence-corrected chi connectivity index (χ4v) is 2.68. The van der Waals surface area contributed by atoms with Gasteiger partial charge in [0.2, 0.25) is 0 Å². The third-order valence-corrected chi connectivity index (χ3v) is 3.73. The number of likely N-dealkylation sites (N-methyl/N-ethyl adjacent to an activating group) is 1. The summed E-state index contributed by atoms with van der Waals surface area (Å²) in [5.74, 6) is -0.226. The Morgan fingerprint density at radius 3 is 2.52 bits per heavy atom. The van der Waals surface area contributed by atoms with Crippen LogP contribution in [0.2, 0.25) is 0 Å². The zero-order valence-corrected chi connectivity index (χ0v) is 13.1. The Morgan fingerprint density at radius 1 is 1.14 bits per heavy atom. The SMILES string of the molecule is CCNCCc1c(CC)nn(-c2ccccc2F)c1CC. The van der Waals surface area contributed by atoms with Crippen molar-refractivity contribution in [3.05, 3.63) is 47.0 Å². The molecule has 2 rings (SSSR count). The van der Waals surface area contributed by atoms with Crippen molar-refractivity contribution in [2.24, 2.45) is 0 Å². The lowest BCUT2D eigenvalue weighted by atomic mass is 10.1. The molecule has 1 N–H and O–H groups in total. The lowest BCUT2D eigenvalue weighted by Crippen LogP contribution is -2.17. The summed E-state index contributed by atoms with van der Waals surface area (Å²) in [6.45, 7) is 8.20. The van der Waals surface area contributed by atoms with Crippen LogP contribution >= 0.6 is 0 Å². The maximum Gasteiger partial charge on any atom is 0.148 e. The molecule has 0 unspecified atom stereocenters. The summed E-state index contributed by atoms with van der Waals surface area (Å²) < 4.78 is 15.9. The summed E-state index contributed by atoms with van der Waals surface area (Å²) in [7, 11) is 0. The van der Waals surface area contributed by atoms with Crippen molar-refractivity contribution in [2.45, 2.75) is 40.0 Å². The Hall–Kier alpha value is -1.68. The van der Waals surface area contributed by atoms with Crippen LogP contribution in [0.1, 0.15) is 37.7 Å². The number of aryl methyl sites for hydroxylation is 1. The average molecular weight is 289 g/mol. The van der Waals surface area contributed by atoms with Gasteiger partial charge in [0.25, 0.3) is 0 Å². The van der Waals surface area contributed by atoms with Gasteiger partial charge < -0.3 is 5.32 Å². The van der Waals surface area contributed by atoms with Gasteiger partial charge in [-0.2, -0.15) is 5.10 Å². The van der Waals surface area contributed by atoms with Crippen LogP contribution in [0.5, 0.6) is 0 Å². The Kier molecular flexibility index (Phi) is 5.51. The highest BCUT2D eigenvalue weighted by Gasteiger charge is 2.17. The van der Waals surface area contributed by atoms with Crippen LogP contribution in [-0.4, -0.2) is 22.9 Å². The first-order valence-electron chi connectivity index (χ1n) is 7.78. The van der Waals surface area contributed by atoms with Crippen molar-refractivity contribution < 1.29 is 4.39 Å². The van der Waals surface area contributed by atoms with E-state index in [0.29, 0.717) is 5.69 Å². The molecule has 0 aliphatic carbocycles. The van der Waals surface area contributed by atoms with Crippen molar-refractivity contribution in [2.75, 3.05) is 13.1 Å². The average Bonchev–Trinajstić information content (AvgIpc) is 2.85. The lowest BCUT2D eigenvalue weighted by molar-refractivity contribution is 0.605. The summed E-state index contributed by atoms with van der Waals surface area (Å²) in [5, 5.41) is 8.01. The van der Waals surface area contributed by atoms with Crippen molar-refractivity contribution in [1.29, 1.82) is 0 Å². The normalized spacial score (nSPS) is 11.0. The van der Waals surface area contributed by atoms with E-state index < -0.39 is 0 Å². The van der Waals surface area contributed by atoms with E-state index >= 15 is 0 Å². The molecule has 0 aliphatic heterocycles. The number of aromatic nitrogens is 2. The molecule has 0 aliphatic rings. The van der Waals surface area contributed by atoms with Crippen LogP contribution in [0.4, 0.5) is 4.39 Å². The van der Waals surface area contributed by atoms with E-state index in [-0.39, 0.29) is 5.82 Å². The number of nitrogens with zero attached hydrogens (tertiary/aromatic N) is 2. The number of benzene rings is 1. The highest BCUT2D eigenvalue weighted by atomic mass is 19.1. The zero-order chi connectivity index (χ0) is 15.2. The van der Waals surface area contributed by atoms with Gasteiger partial charge in [0.15, 0.2) is 0 Å². The molecule has 21 heavy (non-hydrogen) atoms. The van der Waals surface area contributed by atoms with Gasteiger partial charge in [0.05, 0.1) is 5.69 Å². The number of para-hydroxylation sites is 1. The number of hydrogen-bond donors (Lipinski definition) is 1. The molecule has 0 bridgehead atoms. The predicted molar refractivity (Wildman–Crippen MR) is 84.5 cm³/mol. The van der Waals surface area contributed by atoms with Crippen LogP contribution in [0.3, 0.4) is 0 Å². The molecule has 0 saturated carbocycles. The molecule has 0 atom stereocenters. The number of halogens is 1. The molecular weight excluding hydrogens is 265 g/mol. The second-order valence-electron chi connectivity index (χ2n) is 5.05. The van der Waals surface area contributed by atoms with Gasteiger partial charge >= 0.3 is 0 Å². The van der Waals surface area contributed by atoms with Gasteiger partial charge in [-0.1, -0.05) is 32.9 Å². The van der Waals surface area contributed by atoms with E-state index in [1.54, 1.807) is 16.8 Å². The first kappa shape index (κ1) is 15.7. The van der Waals surface area contributed by atoms with Crippen LogP contribution in [0.25, 0.3) is 5.69 Å². The van der Waals surface area contributed by atoms with Gasteiger partial charge in [-0.3, -0.25) is 0 Å². The highest BCUT2D eigenvalue weighted by molar-refractivity contribution is 5.39. The van der Waals surface area contributed by atoms with Gasteiger partial charge in [-0.15, -0.1) is 0 Å². The zero-order valence-electron chi connectivity index (χ0n) is 13.1. The van der Waals surface area contributed by atoms with Crippen molar-refractivity contribution in [3.63, 3.8) is 0 Å². The minimum Gasteiger partial charge on any atom is -0.317 e. The number of hydrogen-bond acceptors (Lipinski definition) is 2. The fraction of sp³-hybridized carbons (Fsp3) is 0.471. The fourth-order valence-electron chi connectivity index (χ4n) is 2.68. The molecule has 4 heteroatoms. The molecule has 2 aromatic rings. The van der Waals surface area contributed by atoms with Crippen molar-refractivity contribution >= 4 is 0 Å². The Bertz CT molecular complexity index is 590. The van der Waals surface area contributed by atoms with E-state index in [9.17, 15) is 4.39 Å². The minimum absolute atomic E-state index is 0.226. The third kappa shape index (κ3) is 3.32. The predicted octanol–water partition coefficient (Wildman–Crippen LogP) is 3.29. The molecular formula is C17H24FN3.